The van der Waals surface area contributed by atoms with Gasteiger partial charge in [-0.05, 0) is 24.5 Å². The van der Waals surface area contributed by atoms with E-state index < -0.39 is 6.10 Å². The molecule has 0 bridgehead atoms. The van der Waals surface area contributed by atoms with Gasteiger partial charge < -0.3 is 19.9 Å². The van der Waals surface area contributed by atoms with Gasteiger partial charge >= 0.3 is 0 Å². The Morgan fingerprint density at radius 1 is 1.45 bits per heavy atom. The van der Waals surface area contributed by atoms with E-state index in [9.17, 15) is 9.90 Å². The van der Waals surface area contributed by atoms with Crippen LogP contribution in [0.25, 0.3) is 0 Å². The van der Waals surface area contributed by atoms with Crippen molar-refractivity contribution in [2.24, 2.45) is 5.92 Å². The summed E-state index contributed by atoms with van der Waals surface area (Å²) < 4.78 is 10.4. The van der Waals surface area contributed by atoms with E-state index in [1.165, 1.54) is 6.07 Å². The van der Waals surface area contributed by atoms with Crippen molar-refractivity contribution in [2.45, 2.75) is 26.4 Å². The van der Waals surface area contributed by atoms with Crippen molar-refractivity contribution in [2.75, 3.05) is 13.3 Å². The molecule has 1 atom stereocenters. The number of fused-ring (bicyclic) bond motifs is 1. The first-order chi connectivity index (χ1) is 9.47. The lowest BCUT2D eigenvalue weighted by molar-refractivity contribution is 0.0900. The minimum Gasteiger partial charge on any atom is -0.454 e. The van der Waals surface area contributed by atoms with Crippen LogP contribution in [0.4, 0.5) is 0 Å². The Labute approximate surface area is 122 Å². The first kappa shape index (κ1) is 14.9. The molecule has 1 heterocycles. The number of carbonyl (C=O) groups is 1. The Balaban J connectivity index is 1.98. The Morgan fingerprint density at radius 2 is 2.20 bits per heavy atom. The van der Waals surface area contributed by atoms with Crippen molar-refractivity contribution in [3.05, 3.63) is 22.7 Å². The smallest absolute Gasteiger partial charge is 0.251 e. The molecule has 0 radical (unpaired) electrons. The molecule has 1 amide bonds. The van der Waals surface area contributed by atoms with Crippen molar-refractivity contribution in [3.63, 3.8) is 0 Å². The molecule has 2 N–H and O–H groups in total. The standard InChI is InChI=1S/C14H18ClNO4/c1-8(2)3-10(17)6-16-14(18)9-4-11(15)13-12(5-9)19-7-20-13/h4-5,8,10,17H,3,6-7H2,1-2H3,(H,16,18). The fourth-order valence-corrected chi connectivity index (χ4v) is 2.30. The largest absolute Gasteiger partial charge is 0.454 e. The minimum absolute atomic E-state index is 0.104. The molecule has 5 nitrogen and oxygen atoms in total. The van der Waals surface area contributed by atoms with Crippen LogP contribution < -0.4 is 14.8 Å². The number of halogens is 1. The third-order valence-corrected chi connectivity index (χ3v) is 3.21. The van der Waals surface area contributed by atoms with Crippen LogP contribution >= 0.6 is 11.6 Å². The molecular weight excluding hydrogens is 282 g/mol. The van der Waals surface area contributed by atoms with Gasteiger partial charge in [0.15, 0.2) is 11.5 Å². The first-order valence-corrected chi connectivity index (χ1v) is 6.90. The average molecular weight is 300 g/mol. The minimum atomic E-state index is -0.552. The van der Waals surface area contributed by atoms with Crippen LogP contribution in [0.3, 0.4) is 0 Å². The van der Waals surface area contributed by atoms with E-state index in [1.54, 1.807) is 6.07 Å². The van der Waals surface area contributed by atoms with Crippen LogP contribution in [0.15, 0.2) is 12.1 Å². The van der Waals surface area contributed by atoms with Crippen LogP contribution in [-0.2, 0) is 0 Å². The highest BCUT2D eigenvalue weighted by atomic mass is 35.5. The molecule has 0 aromatic heterocycles. The maximum absolute atomic E-state index is 12.0. The summed E-state index contributed by atoms with van der Waals surface area (Å²) in [6.45, 7) is 4.35. The zero-order valence-corrected chi connectivity index (χ0v) is 12.2. The Hall–Kier alpha value is -1.46. The highest BCUT2D eigenvalue weighted by Gasteiger charge is 2.21. The van der Waals surface area contributed by atoms with Gasteiger partial charge in [0.25, 0.3) is 5.91 Å². The number of benzene rings is 1. The number of hydrogen-bond donors (Lipinski definition) is 2. The average Bonchev–Trinajstić information content (AvgIpc) is 2.83. The zero-order valence-electron chi connectivity index (χ0n) is 11.5. The summed E-state index contributed by atoms with van der Waals surface area (Å²) >= 11 is 6.02. The molecule has 0 fully saturated rings. The summed E-state index contributed by atoms with van der Waals surface area (Å²) in [4.78, 5) is 12.0. The second-order valence-corrected chi connectivity index (χ2v) is 5.59. The van der Waals surface area contributed by atoms with Crippen LogP contribution in [-0.4, -0.2) is 30.5 Å². The maximum Gasteiger partial charge on any atom is 0.251 e. The van der Waals surface area contributed by atoms with E-state index >= 15 is 0 Å². The number of nitrogens with one attached hydrogen (secondary N) is 1. The summed E-state index contributed by atoms with van der Waals surface area (Å²) in [7, 11) is 0. The van der Waals surface area contributed by atoms with Crippen LogP contribution in [0.5, 0.6) is 11.5 Å². The fourth-order valence-electron chi connectivity index (χ4n) is 2.04. The topological polar surface area (TPSA) is 67.8 Å². The van der Waals surface area contributed by atoms with Gasteiger partial charge in [0.05, 0.1) is 11.1 Å². The summed E-state index contributed by atoms with van der Waals surface area (Å²) in [5.74, 6) is 1.00. The van der Waals surface area contributed by atoms with E-state index in [-0.39, 0.29) is 19.2 Å². The maximum atomic E-state index is 12.0. The Bertz CT molecular complexity index is 504. The molecule has 110 valence electrons. The van der Waals surface area contributed by atoms with Gasteiger partial charge in [0.1, 0.15) is 0 Å². The summed E-state index contributed by atoms with van der Waals surface area (Å²) in [5, 5.41) is 12.8. The molecule has 1 aliphatic rings. The fraction of sp³-hybridized carbons (Fsp3) is 0.500. The van der Waals surface area contributed by atoms with Crippen LogP contribution in [0.2, 0.25) is 5.02 Å². The molecule has 1 aromatic rings. The van der Waals surface area contributed by atoms with E-state index in [4.69, 9.17) is 21.1 Å². The summed E-state index contributed by atoms with van der Waals surface area (Å²) in [5.41, 5.74) is 0.385. The van der Waals surface area contributed by atoms with E-state index in [2.05, 4.69) is 5.32 Å². The quantitative estimate of drug-likeness (QED) is 0.875. The molecule has 0 aliphatic carbocycles. The second kappa shape index (κ2) is 6.33. The predicted octanol–water partition coefficient (Wildman–Crippen LogP) is 2.21. The number of rotatable bonds is 5. The lowest BCUT2D eigenvalue weighted by Crippen LogP contribution is -2.32. The van der Waals surface area contributed by atoms with Gasteiger partial charge in [-0.25, -0.2) is 0 Å². The van der Waals surface area contributed by atoms with Gasteiger partial charge in [-0.1, -0.05) is 25.4 Å². The molecule has 1 aromatic carbocycles. The van der Waals surface area contributed by atoms with Crippen molar-refractivity contribution in [3.8, 4) is 11.5 Å². The molecule has 1 unspecified atom stereocenters. The van der Waals surface area contributed by atoms with E-state index in [1.807, 2.05) is 13.8 Å². The lowest BCUT2D eigenvalue weighted by atomic mass is 10.1. The normalized spacial score (nSPS) is 14.4. The predicted molar refractivity (Wildman–Crippen MR) is 75.4 cm³/mol. The van der Waals surface area contributed by atoms with E-state index in [0.29, 0.717) is 34.4 Å². The second-order valence-electron chi connectivity index (χ2n) is 5.19. The van der Waals surface area contributed by atoms with Crippen LogP contribution in [0.1, 0.15) is 30.6 Å². The molecule has 0 saturated heterocycles. The highest BCUT2D eigenvalue weighted by Crippen LogP contribution is 2.39. The summed E-state index contributed by atoms with van der Waals surface area (Å²) in [6.07, 6.45) is 0.0887. The Kier molecular flexibility index (Phi) is 4.73. The number of aliphatic hydroxyl groups excluding tert-OH is 1. The van der Waals surface area contributed by atoms with E-state index in [0.717, 1.165) is 0 Å². The zero-order chi connectivity index (χ0) is 14.7. The SMILES string of the molecule is CC(C)CC(O)CNC(=O)c1cc(Cl)c2c(c1)OCO2. The van der Waals surface area contributed by atoms with Gasteiger partial charge in [-0.2, -0.15) is 0 Å². The number of aliphatic hydroxyl groups is 1. The van der Waals surface area contributed by atoms with Crippen molar-refractivity contribution in [1.82, 2.24) is 5.32 Å². The molecule has 0 spiro atoms. The van der Waals surface area contributed by atoms with Gasteiger partial charge in [-0.15, -0.1) is 0 Å². The highest BCUT2D eigenvalue weighted by molar-refractivity contribution is 6.32. The first-order valence-electron chi connectivity index (χ1n) is 6.52. The van der Waals surface area contributed by atoms with Crippen molar-refractivity contribution >= 4 is 17.5 Å². The third kappa shape index (κ3) is 3.55. The number of carbonyl (C=O) groups excluding carboxylic acids is 1. The number of amides is 1. The monoisotopic (exact) mass is 299 g/mol. The van der Waals surface area contributed by atoms with Crippen molar-refractivity contribution in [1.29, 1.82) is 0 Å². The summed E-state index contributed by atoms with van der Waals surface area (Å²) in [6, 6.07) is 3.11. The van der Waals surface area contributed by atoms with Crippen LogP contribution in [0, 0.1) is 5.92 Å². The lowest BCUT2D eigenvalue weighted by Gasteiger charge is -2.14. The van der Waals surface area contributed by atoms with Gasteiger partial charge in [-0.3, -0.25) is 4.79 Å². The molecular formula is C14H18ClNO4. The number of ether oxygens (including phenoxy) is 2. The van der Waals surface area contributed by atoms with Gasteiger partial charge in [0, 0.05) is 12.1 Å². The molecule has 2 rings (SSSR count). The van der Waals surface area contributed by atoms with Gasteiger partial charge in [0.2, 0.25) is 6.79 Å². The number of hydrogen-bond acceptors (Lipinski definition) is 4. The third-order valence-electron chi connectivity index (χ3n) is 2.93. The molecule has 6 heteroatoms. The molecule has 20 heavy (non-hydrogen) atoms. The molecule has 1 aliphatic heterocycles. The Morgan fingerprint density at radius 3 is 2.90 bits per heavy atom. The van der Waals surface area contributed by atoms with Crippen molar-refractivity contribution < 1.29 is 19.4 Å². The molecule has 0 saturated carbocycles.